The minimum atomic E-state index is 0.631. The Bertz CT molecular complexity index is 529. The minimum absolute atomic E-state index is 0.631. The zero-order valence-corrected chi connectivity index (χ0v) is 12.8. The van der Waals surface area contributed by atoms with Gasteiger partial charge in [0.15, 0.2) is 0 Å². The Morgan fingerprint density at radius 2 is 2.10 bits per heavy atom. The first kappa shape index (κ1) is 13.7. The fourth-order valence-electron chi connectivity index (χ4n) is 2.45. The molecule has 0 radical (unpaired) electrons. The van der Waals surface area contributed by atoms with Crippen LogP contribution in [0.25, 0.3) is 10.7 Å². The molecule has 5 nitrogen and oxygen atoms in total. The first-order valence-corrected chi connectivity index (χ1v) is 7.93. The number of hydrogen-bond donors (Lipinski definition) is 0. The van der Waals surface area contributed by atoms with Gasteiger partial charge in [-0.05, 0) is 25.3 Å². The van der Waals surface area contributed by atoms with Crippen LogP contribution in [0.5, 0.6) is 0 Å². The van der Waals surface area contributed by atoms with Gasteiger partial charge in [-0.2, -0.15) is 4.98 Å². The molecule has 108 valence electrons. The van der Waals surface area contributed by atoms with Gasteiger partial charge in [0.05, 0.1) is 11.4 Å². The van der Waals surface area contributed by atoms with Gasteiger partial charge in [0.1, 0.15) is 0 Å². The van der Waals surface area contributed by atoms with Gasteiger partial charge in [0, 0.05) is 32.2 Å². The zero-order chi connectivity index (χ0) is 13.9. The molecule has 2 aromatic heterocycles. The standard InChI is InChI=1S/C14H20N4OS/c1-11(2)18-7-5-17(6-8-18)10-13-15-14(16-19-13)12-4-3-9-20-12/h3-4,9,11H,5-8,10H2,1-2H3. The van der Waals surface area contributed by atoms with Crippen molar-refractivity contribution in [2.75, 3.05) is 26.2 Å². The van der Waals surface area contributed by atoms with Gasteiger partial charge in [0.25, 0.3) is 0 Å². The molecule has 0 unspecified atom stereocenters. The summed E-state index contributed by atoms with van der Waals surface area (Å²) in [7, 11) is 0. The number of aromatic nitrogens is 2. The average molecular weight is 292 g/mol. The predicted octanol–water partition coefficient (Wildman–Crippen LogP) is 2.32. The van der Waals surface area contributed by atoms with Crippen LogP contribution in [0.3, 0.4) is 0 Å². The molecule has 0 spiro atoms. The number of piperazine rings is 1. The Morgan fingerprint density at radius 1 is 1.30 bits per heavy atom. The Morgan fingerprint density at radius 3 is 2.75 bits per heavy atom. The largest absolute Gasteiger partial charge is 0.338 e. The monoisotopic (exact) mass is 292 g/mol. The van der Waals surface area contributed by atoms with Crippen molar-refractivity contribution < 1.29 is 4.52 Å². The van der Waals surface area contributed by atoms with Crippen LogP contribution in [0.4, 0.5) is 0 Å². The van der Waals surface area contributed by atoms with Crippen LogP contribution < -0.4 is 0 Å². The van der Waals surface area contributed by atoms with E-state index in [1.54, 1.807) is 11.3 Å². The molecule has 0 N–H and O–H groups in total. The van der Waals surface area contributed by atoms with Crippen LogP contribution in [-0.2, 0) is 6.54 Å². The normalized spacial score (nSPS) is 17.9. The van der Waals surface area contributed by atoms with E-state index in [9.17, 15) is 0 Å². The van der Waals surface area contributed by atoms with Gasteiger partial charge in [-0.25, -0.2) is 0 Å². The van der Waals surface area contributed by atoms with Gasteiger partial charge in [-0.1, -0.05) is 11.2 Å². The second-order valence-electron chi connectivity index (χ2n) is 5.39. The van der Waals surface area contributed by atoms with Crippen LogP contribution in [0.1, 0.15) is 19.7 Å². The van der Waals surface area contributed by atoms with E-state index in [2.05, 4.69) is 33.8 Å². The molecule has 3 rings (SSSR count). The molecule has 1 fully saturated rings. The second kappa shape index (κ2) is 6.03. The summed E-state index contributed by atoms with van der Waals surface area (Å²) >= 11 is 1.63. The molecule has 2 aromatic rings. The van der Waals surface area contributed by atoms with Gasteiger partial charge in [0.2, 0.25) is 11.7 Å². The maximum atomic E-state index is 5.36. The Kier molecular flexibility index (Phi) is 4.14. The van der Waals surface area contributed by atoms with E-state index in [-0.39, 0.29) is 0 Å². The van der Waals surface area contributed by atoms with Crippen LogP contribution in [0, 0.1) is 0 Å². The molecule has 3 heterocycles. The lowest BCUT2D eigenvalue weighted by Crippen LogP contribution is -2.48. The van der Waals surface area contributed by atoms with E-state index in [0.717, 1.165) is 37.6 Å². The molecular formula is C14H20N4OS. The predicted molar refractivity (Wildman–Crippen MR) is 79.6 cm³/mol. The lowest BCUT2D eigenvalue weighted by atomic mass is 10.2. The quantitative estimate of drug-likeness (QED) is 0.865. The molecular weight excluding hydrogens is 272 g/mol. The molecule has 0 atom stereocenters. The van der Waals surface area contributed by atoms with Gasteiger partial charge >= 0.3 is 0 Å². The lowest BCUT2D eigenvalue weighted by molar-refractivity contribution is 0.0960. The molecule has 20 heavy (non-hydrogen) atoms. The Labute approximate surface area is 123 Å². The van der Waals surface area contributed by atoms with E-state index in [1.807, 2.05) is 17.5 Å². The average Bonchev–Trinajstić information content (AvgIpc) is 3.09. The highest BCUT2D eigenvalue weighted by molar-refractivity contribution is 7.13. The molecule has 1 aliphatic rings. The van der Waals surface area contributed by atoms with Gasteiger partial charge in [-0.15, -0.1) is 11.3 Å². The molecule has 0 saturated carbocycles. The molecule has 0 bridgehead atoms. The van der Waals surface area contributed by atoms with Crippen molar-refractivity contribution in [2.45, 2.75) is 26.4 Å². The van der Waals surface area contributed by atoms with Crippen molar-refractivity contribution in [1.29, 1.82) is 0 Å². The van der Waals surface area contributed by atoms with Crippen molar-refractivity contribution in [1.82, 2.24) is 19.9 Å². The first-order chi connectivity index (χ1) is 9.72. The molecule has 0 aliphatic carbocycles. The number of rotatable bonds is 4. The van der Waals surface area contributed by atoms with Crippen molar-refractivity contribution in [3.05, 3.63) is 23.4 Å². The fraction of sp³-hybridized carbons (Fsp3) is 0.571. The number of nitrogens with zero attached hydrogens (tertiary/aromatic N) is 4. The van der Waals surface area contributed by atoms with Crippen LogP contribution in [0.15, 0.2) is 22.0 Å². The molecule has 0 amide bonds. The third-order valence-corrected chi connectivity index (χ3v) is 4.57. The van der Waals surface area contributed by atoms with E-state index in [4.69, 9.17) is 4.52 Å². The van der Waals surface area contributed by atoms with Crippen LogP contribution in [-0.4, -0.2) is 52.2 Å². The Balaban J connectivity index is 1.57. The highest BCUT2D eigenvalue weighted by atomic mass is 32.1. The number of thiophene rings is 1. The van der Waals surface area contributed by atoms with Crippen molar-refractivity contribution in [3.8, 4) is 10.7 Å². The van der Waals surface area contributed by atoms with E-state index in [0.29, 0.717) is 17.8 Å². The highest BCUT2D eigenvalue weighted by Gasteiger charge is 2.20. The zero-order valence-electron chi connectivity index (χ0n) is 12.0. The van der Waals surface area contributed by atoms with E-state index in [1.165, 1.54) is 0 Å². The summed E-state index contributed by atoms with van der Waals surface area (Å²) in [6.45, 7) is 9.61. The van der Waals surface area contributed by atoms with Gasteiger partial charge < -0.3 is 4.52 Å². The summed E-state index contributed by atoms with van der Waals surface area (Å²) in [5.41, 5.74) is 0. The van der Waals surface area contributed by atoms with E-state index >= 15 is 0 Å². The second-order valence-corrected chi connectivity index (χ2v) is 6.34. The van der Waals surface area contributed by atoms with Crippen LogP contribution >= 0.6 is 11.3 Å². The smallest absolute Gasteiger partial charge is 0.241 e. The first-order valence-electron chi connectivity index (χ1n) is 7.05. The SMILES string of the molecule is CC(C)N1CCN(Cc2nc(-c3cccs3)no2)CC1. The summed E-state index contributed by atoms with van der Waals surface area (Å²) in [4.78, 5) is 10.4. The summed E-state index contributed by atoms with van der Waals surface area (Å²) in [5, 5.41) is 6.08. The van der Waals surface area contributed by atoms with E-state index < -0.39 is 0 Å². The molecule has 1 saturated heterocycles. The summed E-state index contributed by atoms with van der Waals surface area (Å²) in [6, 6.07) is 4.65. The summed E-state index contributed by atoms with van der Waals surface area (Å²) in [6.07, 6.45) is 0. The molecule has 1 aliphatic heterocycles. The fourth-order valence-corrected chi connectivity index (χ4v) is 3.10. The maximum absolute atomic E-state index is 5.36. The van der Waals surface area contributed by atoms with Gasteiger partial charge in [-0.3, -0.25) is 9.80 Å². The summed E-state index contributed by atoms with van der Waals surface area (Å²) in [5.74, 6) is 1.42. The maximum Gasteiger partial charge on any atom is 0.241 e. The van der Waals surface area contributed by atoms with Crippen LogP contribution in [0.2, 0.25) is 0 Å². The van der Waals surface area contributed by atoms with Crippen molar-refractivity contribution in [3.63, 3.8) is 0 Å². The highest BCUT2D eigenvalue weighted by Crippen LogP contribution is 2.21. The lowest BCUT2D eigenvalue weighted by Gasteiger charge is -2.36. The van der Waals surface area contributed by atoms with Crippen molar-refractivity contribution in [2.24, 2.45) is 0 Å². The summed E-state index contributed by atoms with van der Waals surface area (Å²) < 4.78 is 5.36. The third-order valence-electron chi connectivity index (χ3n) is 3.71. The number of hydrogen-bond acceptors (Lipinski definition) is 6. The third kappa shape index (κ3) is 3.08. The minimum Gasteiger partial charge on any atom is -0.338 e. The Hall–Kier alpha value is -1.24. The topological polar surface area (TPSA) is 45.4 Å². The van der Waals surface area contributed by atoms with Crippen molar-refractivity contribution >= 4 is 11.3 Å². The molecule has 6 heteroatoms. The molecule has 0 aromatic carbocycles.